The van der Waals surface area contributed by atoms with Crippen molar-refractivity contribution in [2.45, 2.75) is 92.7 Å². The predicted molar refractivity (Wildman–Crippen MR) is 159 cm³/mol. The molecule has 12 nitrogen and oxygen atoms in total. The molecule has 5 N–H and O–H groups in total. The van der Waals surface area contributed by atoms with Crippen LogP contribution in [0.4, 0.5) is 5.69 Å². The van der Waals surface area contributed by atoms with Crippen LogP contribution in [0.1, 0.15) is 56.3 Å². The number of likely N-dealkylation sites (N-methyl/N-ethyl adjacent to an activating group) is 1. The van der Waals surface area contributed by atoms with Gasteiger partial charge in [0, 0.05) is 52.6 Å². The van der Waals surface area contributed by atoms with Crippen molar-refractivity contribution in [2.75, 3.05) is 46.3 Å². The number of anilines is 1. The summed E-state index contributed by atoms with van der Waals surface area (Å²) in [6.07, 6.45) is -0.997. The van der Waals surface area contributed by atoms with Gasteiger partial charge in [-0.1, -0.05) is 19.1 Å². The number of hydrogen-bond acceptors (Lipinski definition) is 11. The lowest BCUT2D eigenvalue weighted by Crippen LogP contribution is -2.92. The van der Waals surface area contributed by atoms with Crippen molar-refractivity contribution >= 4 is 17.6 Å². The molecule has 7 bridgehead atoms. The number of hydrogen-bond donors (Lipinski definition) is 5. The lowest BCUT2D eigenvalue weighted by atomic mass is 9.39. The lowest BCUT2D eigenvalue weighted by molar-refractivity contribution is -0.407. The van der Waals surface area contributed by atoms with Gasteiger partial charge in [-0.05, 0) is 50.3 Å². The Morgan fingerprint density at radius 1 is 1.00 bits per heavy atom. The molecule has 12 atom stereocenters. The number of carbonyl (C=O) groups excluding carboxylic acids is 2. The van der Waals surface area contributed by atoms with E-state index in [1.165, 1.54) is 21.1 Å². The molecule has 1 heterocycles. The zero-order chi connectivity index (χ0) is 32.4. The van der Waals surface area contributed by atoms with Crippen LogP contribution in [0.15, 0.2) is 24.3 Å². The molecule has 0 radical (unpaired) electrons. The molecule has 1 saturated heterocycles. The van der Waals surface area contributed by atoms with Crippen LogP contribution in [0.2, 0.25) is 0 Å². The second-order valence-corrected chi connectivity index (χ2v) is 14.5. The summed E-state index contributed by atoms with van der Waals surface area (Å²) < 4.78 is 24.1. The largest absolute Gasteiger partial charge is 0.461 e. The van der Waals surface area contributed by atoms with Gasteiger partial charge in [-0.15, -0.1) is 0 Å². The average molecular weight is 631 g/mol. The number of likely N-dealkylation sites (tertiary alicyclic amines) is 1. The van der Waals surface area contributed by atoms with Crippen molar-refractivity contribution in [3.8, 4) is 0 Å². The van der Waals surface area contributed by atoms with Crippen molar-refractivity contribution in [3.63, 3.8) is 0 Å². The van der Waals surface area contributed by atoms with Crippen LogP contribution in [0, 0.1) is 22.7 Å². The van der Waals surface area contributed by atoms with Gasteiger partial charge in [0.25, 0.3) is 0 Å². The molecule has 6 aliphatic rings. The quantitative estimate of drug-likeness (QED) is 0.257. The fraction of sp³-hybridized carbons (Fsp3) is 0.758. The number of amides is 1. The van der Waals surface area contributed by atoms with Gasteiger partial charge in [0.15, 0.2) is 5.60 Å². The summed E-state index contributed by atoms with van der Waals surface area (Å²) in [5, 5.41) is 54.8. The van der Waals surface area contributed by atoms with Crippen LogP contribution in [0.5, 0.6) is 0 Å². The number of fused-ring (bicyclic) bond motifs is 2. The highest BCUT2D eigenvalue weighted by Crippen LogP contribution is 2.82. The molecular formula is C33H46N2O10. The Kier molecular flexibility index (Phi) is 6.94. The third-order valence-electron chi connectivity index (χ3n) is 13.3. The van der Waals surface area contributed by atoms with Crippen molar-refractivity contribution in [1.82, 2.24) is 4.90 Å². The Labute approximate surface area is 263 Å². The number of nitrogens with zero attached hydrogens (tertiary/aromatic N) is 1. The fourth-order valence-electron chi connectivity index (χ4n) is 11.9. The zero-order valence-electron chi connectivity index (χ0n) is 26.6. The number of para-hydroxylation sites is 1. The Hall–Kier alpha value is -2.16. The molecule has 5 aliphatic carbocycles. The van der Waals surface area contributed by atoms with E-state index in [-0.39, 0.29) is 37.3 Å². The minimum absolute atomic E-state index is 0.0207. The summed E-state index contributed by atoms with van der Waals surface area (Å²) in [5.74, 6) is -1.84. The first-order valence-electron chi connectivity index (χ1n) is 16.1. The normalized spacial score (nSPS) is 49.1. The van der Waals surface area contributed by atoms with Gasteiger partial charge in [0.2, 0.25) is 5.91 Å². The van der Waals surface area contributed by atoms with Gasteiger partial charge >= 0.3 is 5.97 Å². The number of piperidine rings is 1. The number of methoxy groups -OCH3 is 3. The zero-order valence-corrected chi connectivity index (χ0v) is 26.6. The maximum absolute atomic E-state index is 13.6. The maximum atomic E-state index is 13.6. The van der Waals surface area contributed by atoms with E-state index in [4.69, 9.17) is 18.9 Å². The van der Waals surface area contributed by atoms with Crippen LogP contribution in [-0.4, -0.2) is 125 Å². The molecule has 1 unspecified atom stereocenters. The first kappa shape index (κ1) is 31.4. The van der Waals surface area contributed by atoms with E-state index in [0.717, 1.165) is 0 Å². The van der Waals surface area contributed by atoms with Gasteiger partial charge in [0.05, 0.1) is 47.6 Å². The van der Waals surface area contributed by atoms with E-state index >= 15 is 0 Å². The van der Waals surface area contributed by atoms with E-state index in [1.54, 1.807) is 31.4 Å². The number of esters is 1. The fourth-order valence-corrected chi connectivity index (χ4v) is 11.9. The molecule has 1 aromatic rings. The molecule has 7 rings (SSSR count). The molecule has 1 spiro atoms. The van der Waals surface area contributed by atoms with Crippen LogP contribution in [0.3, 0.4) is 0 Å². The summed E-state index contributed by atoms with van der Waals surface area (Å²) >= 11 is 0. The smallest absolute Gasteiger partial charge is 0.340 e. The Balaban J connectivity index is 1.37. The minimum atomic E-state index is -2.22. The van der Waals surface area contributed by atoms with Crippen molar-refractivity contribution in [1.29, 1.82) is 0 Å². The SMILES string of the molecule is CCN1C[C@]2(COC(=O)c3ccccc3NC(C)=O)CC[C@H](OC)[C@]34C1[C@](O)(C[C@H]23)[C@@]1(O)C[C@H](OC)[C@H]2C[C@]4(O)[C@]1(O)[C@H]2OC. The number of rotatable bonds is 8. The van der Waals surface area contributed by atoms with Crippen molar-refractivity contribution in [3.05, 3.63) is 29.8 Å². The van der Waals surface area contributed by atoms with Crippen LogP contribution < -0.4 is 5.32 Å². The van der Waals surface area contributed by atoms with Gasteiger partial charge in [-0.3, -0.25) is 9.69 Å². The summed E-state index contributed by atoms with van der Waals surface area (Å²) in [5.41, 5.74) is -9.62. The van der Waals surface area contributed by atoms with E-state index in [2.05, 4.69) is 10.2 Å². The molecule has 1 amide bonds. The molecule has 6 fully saturated rings. The summed E-state index contributed by atoms with van der Waals surface area (Å²) in [6.45, 7) is 4.25. The summed E-state index contributed by atoms with van der Waals surface area (Å²) in [7, 11) is 4.58. The highest BCUT2D eigenvalue weighted by atomic mass is 16.5. The highest BCUT2D eigenvalue weighted by molar-refractivity contribution is 6.00. The van der Waals surface area contributed by atoms with E-state index in [1.807, 2.05) is 6.92 Å². The number of ether oxygens (including phenoxy) is 4. The lowest BCUT2D eigenvalue weighted by Gasteiger charge is -2.74. The van der Waals surface area contributed by atoms with Gasteiger partial charge in [-0.2, -0.15) is 0 Å². The first-order valence-corrected chi connectivity index (χ1v) is 16.1. The maximum Gasteiger partial charge on any atom is 0.340 e. The van der Waals surface area contributed by atoms with Crippen LogP contribution >= 0.6 is 0 Å². The predicted octanol–water partition coefficient (Wildman–Crippen LogP) is 0.699. The molecule has 248 valence electrons. The molecule has 5 saturated carbocycles. The second-order valence-electron chi connectivity index (χ2n) is 14.5. The topological polar surface area (TPSA) is 167 Å². The Morgan fingerprint density at radius 2 is 1.73 bits per heavy atom. The second kappa shape index (κ2) is 9.93. The number of nitrogens with one attached hydrogen (secondary N) is 1. The summed E-state index contributed by atoms with van der Waals surface area (Å²) in [4.78, 5) is 27.5. The molecule has 1 aromatic carbocycles. The number of aliphatic hydroxyl groups is 4. The van der Waals surface area contributed by atoms with Crippen LogP contribution in [0.25, 0.3) is 0 Å². The average Bonchev–Trinajstić information content (AvgIpc) is 3.36. The standard InChI is InChI=1S/C33H46N2O10/c1-6-35-16-28(17-45-26(37)19-9-7-8-10-21(19)34-18(2)36)12-11-24(43-4)32-23(28)15-29(38,27(32)35)30(39)14-22(42-3)20-13-31(32,40)33(30,41)25(20)44-5/h7-10,20,22-25,27,38-41H,6,11-17H2,1-5H3,(H,34,36)/t20-,22+,23-,24+,25+,27?,28+,29-,30+,31-,32+,33+/m1/s1. The third kappa shape index (κ3) is 3.35. The number of benzene rings is 1. The van der Waals surface area contributed by atoms with Gasteiger partial charge in [-0.25, -0.2) is 4.79 Å². The van der Waals surface area contributed by atoms with Crippen molar-refractivity contribution in [2.24, 2.45) is 22.7 Å². The highest BCUT2D eigenvalue weighted by Gasteiger charge is 2.97. The van der Waals surface area contributed by atoms with E-state index in [0.29, 0.717) is 31.6 Å². The number of carbonyl (C=O) groups is 2. The van der Waals surface area contributed by atoms with E-state index < -0.39 is 75.4 Å². The first-order chi connectivity index (χ1) is 21.3. The van der Waals surface area contributed by atoms with E-state index in [9.17, 15) is 30.0 Å². The van der Waals surface area contributed by atoms with Gasteiger partial charge < -0.3 is 44.7 Å². The van der Waals surface area contributed by atoms with Crippen LogP contribution in [-0.2, 0) is 23.7 Å². The monoisotopic (exact) mass is 630 g/mol. The Bertz CT molecular complexity index is 1410. The molecule has 45 heavy (non-hydrogen) atoms. The van der Waals surface area contributed by atoms with Gasteiger partial charge in [0.1, 0.15) is 16.8 Å². The third-order valence-corrected chi connectivity index (χ3v) is 13.3. The summed E-state index contributed by atoms with van der Waals surface area (Å²) in [6, 6.07) is 5.90. The molecular weight excluding hydrogens is 584 g/mol. The molecule has 12 heteroatoms. The Morgan fingerprint density at radius 3 is 2.38 bits per heavy atom. The van der Waals surface area contributed by atoms with Crippen molar-refractivity contribution < 1.29 is 49.0 Å². The molecule has 0 aromatic heterocycles. The minimum Gasteiger partial charge on any atom is -0.461 e. The molecule has 1 aliphatic heterocycles.